The van der Waals surface area contributed by atoms with Crippen molar-refractivity contribution in [2.75, 3.05) is 6.54 Å². The zero-order valence-electron chi connectivity index (χ0n) is 10.4. The van der Waals surface area contributed by atoms with Gasteiger partial charge in [0.2, 0.25) is 5.91 Å². The van der Waals surface area contributed by atoms with Crippen molar-refractivity contribution in [1.82, 2.24) is 10.6 Å². The van der Waals surface area contributed by atoms with E-state index in [1.807, 2.05) is 20.8 Å². The van der Waals surface area contributed by atoms with Crippen molar-refractivity contribution in [3.8, 4) is 0 Å². The molecule has 3 heteroatoms. The molecule has 0 aromatic rings. The van der Waals surface area contributed by atoms with Crippen LogP contribution < -0.4 is 10.6 Å². The summed E-state index contributed by atoms with van der Waals surface area (Å²) >= 11 is 0. The monoisotopic (exact) mass is 212 g/mol. The van der Waals surface area contributed by atoms with Crippen LogP contribution in [0.4, 0.5) is 0 Å². The number of nitrogens with one attached hydrogen (secondary N) is 2. The van der Waals surface area contributed by atoms with Crippen LogP contribution in [-0.2, 0) is 4.79 Å². The van der Waals surface area contributed by atoms with Crippen LogP contribution in [0, 0.1) is 5.92 Å². The first-order valence-electron chi connectivity index (χ1n) is 5.93. The Morgan fingerprint density at radius 2 is 2.00 bits per heavy atom. The molecule has 88 valence electrons. The van der Waals surface area contributed by atoms with Gasteiger partial charge >= 0.3 is 0 Å². The highest BCUT2D eigenvalue weighted by Crippen LogP contribution is 2.29. The largest absolute Gasteiger partial charge is 0.350 e. The Morgan fingerprint density at radius 1 is 1.40 bits per heavy atom. The minimum absolute atomic E-state index is 0.0914. The first-order valence-corrected chi connectivity index (χ1v) is 5.93. The smallest absolute Gasteiger partial charge is 0.234 e. The van der Waals surface area contributed by atoms with E-state index in [0.29, 0.717) is 12.6 Å². The van der Waals surface area contributed by atoms with E-state index in [2.05, 4.69) is 17.6 Å². The second kappa shape index (κ2) is 4.97. The van der Waals surface area contributed by atoms with E-state index in [1.54, 1.807) is 0 Å². The topological polar surface area (TPSA) is 41.1 Å². The van der Waals surface area contributed by atoms with E-state index in [1.165, 1.54) is 19.3 Å². The Bertz CT molecular complexity index is 216. The van der Waals surface area contributed by atoms with Crippen LogP contribution in [0.25, 0.3) is 0 Å². The molecule has 0 radical (unpaired) electrons. The summed E-state index contributed by atoms with van der Waals surface area (Å²) in [6, 6.07) is 0.476. The molecule has 0 spiro atoms. The van der Waals surface area contributed by atoms with Crippen molar-refractivity contribution in [1.29, 1.82) is 0 Å². The van der Waals surface area contributed by atoms with Gasteiger partial charge in [-0.15, -0.1) is 0 Å². The summed E-state index contributed by atoms with van der Waals surface area (Å²) in [6.45, 7) is 8.61. The van der Waals surface area contributed by atoms with Crippen LogP contribution in [0.5, 0.6) is 0 Å². The Balaban J connectivity index is 2.15. The summed E-state index contributed by atoms with van der Waals surface area (Å²) in [6.07, 6.45) is 3.98. The van der Waals surface area contributed by atoms with Gasteiger partial charge in [-0.3, -0.25) is 4.79 Å². The predicted molar refractivity (Wildman–Crippen MR) is 62.7 cm³/mol. The summed E-state index contributed by atoms with van der Waals surface area (Å²) in [4.78, 5) is 11.5. The van der Waals surface area contributed by atoms with Gasteiger partial charge in [0.15, 0.2) is 0 Å². The second-order valence-electron chi connectivity index (χ2n) is 5.66. The van der Waals surface area contributed by atoms with Gasteiger partial charge in [0, 0.05) is 11.6 Å². The zero-order chi connectivity index (χ0) is 11.5. The van der Waals surface area contributed by atoms with Crippen molar-refractivity contribution in [3.63, 3.8) is 0 Å². The molecule has 1 unspecified atom stereocenters. The lowest BCUT2D eigenvalue weighted by molar-refractivity contribution is -0.121. The fourth-order valence-corrected chi connectivity index (χ4v) is 1.82. The average Bonchev–Trinajstić information content (AvgIpc) is 1.94. The molecule has 3 nitrogen and oxygen atoms in total. The van der Waals surface area contributed by atoms with Crippen molar-refractivity contribution in [3.05, 3.63) is 0 Å². The molecule has 1 aliphatic carbocycles. The van der Waals surface area contributed by atoms with E-state index in [-0.39, 0.29) is 11.4 Å². The lowest BCUT2D eigenvalue weighted by atomic mass is 9.80. The molecule has 0 aliphatic heterocycles. The van der Waals surface area contributed by atoms with E-state index >= 15 is 0 Å². The minimum Gasteiger partial charge on any atom is -0.350 e. The van der Waals surface area contributed by atoms with Gasteiger partial charge in [-0.1, -0.05) is 6.42 Å². The summed E-state index contributed by atoms with van der Waals surface area (Å²) in [5.74, 6) is 0.876. The van der Waals surface area contributed by atoms with Crippen LogP contribution in [0.2, 0.25) is 0 Å². The maximum atomic E-state index is 11.5. The number of amides is 1. The summed E-state index contributed by atoms with van der Waals surface area (Å²) in [7, 11) is 0. The average molecular weight is 212 g/mol. The van der Waals surface area contributed by atoms with Crippen molar-refractivity contribution in [2.45, 2.75) is 58.5 Å². The Hall–Kier alpha value is -0.570. The highest BCUT2D eigenvalue weighted by molar-refractivity contribution is 5.78. The molecule has 2 N–H and O–H groups in total. The van der Waals surface area contributed by atoms with Gasteiger partial charge in [-0.2, -0.15) is 0 Å². The Kier molecular flexibility index (Phi) is 4.14. The normalized spacial score (nSPS) is 19.5. The van der Waals surface area contributed by atoms with Crippen LogP contribution in [0.15, 0.2) is 0 Å². The minimum atomic E-state index is -0.127. The predicted octanol–water partition coefficient (Wildman–Crippen LogP) is 1.68. The highest BCUT2D eigenvalue weighted by atomic mass is 16.2. The third-order valence-corrected chi connectivity index (χ3v) is 2.96. The quantitative estimate of drug-likeness (QED) is 0.744. The second-order valence-corrected chi connectivity index (χ2v) is 5.66. The number of hydrogen-bond donors (Lipinski definition) is 2. The molecule has 0 aromatic heterocycles. The summed E-state index contributed by atoms with van der Waals surface area (Å²) in [5.41, 5.74) is -0.127. The summed E-state index contributed by atoms with van der Waals surface area (Å²) < 4.78 is 0. The maximum Gasteiger partial charge on any atom is 0.234 e. The van der Waals surface area contributed by atoms with Gasteiger partial charge < -0.3 is 10.6 Å². The molecule has 1 amide bonds. The fraction of sp³-hybridized carbons (Fsp3) is 0.917. The first-order chi connectivity index (χ1) is 6.88. The van der Waals surface area contributed by atoms with Gasteiger partial charge in [0.05, 0.1) is 6.54 Å². The third-order valence-electron chi connectivity index (χ3n) is 2.96. The fourth-order valence-electron chi connectivity index (χ4n) is 1.82. The molecular formula is C12H24N2O. The Labute approximate surface area is 93.0 Å². The number of hydrogen-bond acceptors (Lipinski definition) is 2. The van der Waals surface area contributed by atoms with E-state index in [9.17, 15) is 4.79 Å². The third kappa shape index (κ3) is 4.65. The van der Waals surface area contributed by atoms with Crippen LogP contribution in [0.1, 0.15) is 47.0 Å². The van der Waals surface area contributed by atoms with Crippen LogP contribution in [0.3, 0.4) is 0 Å². The van der Waals surface area contributed by atoms with Gasteiger partial charge in [-0.05, 0) is 46.5 Å². The number of carbonyl (C=O) groups is 1. The van der Waals surface area contributed by atoms with Crippen molar-refractivity contribution in [2.24, 2.45) is 5.92 Å². The zero-order valence-corrected chi connectivity index (χ0v) is 10.4. The lowest BCUT2D eigenvalue weighted by Gasteiger charge is -2.32. The molecule has 1 saturated carbocycles. The van der Waals surface area contributed by atoms with Gasteiger partial charge in [0.1, 0.15) is 0 Å². The first kappa shape index (κ1) is 12.5. The SMILES string of the molecule is CC(NCC(=O)NC(C)(C)C)C1CCC1. The van der Waals surface area contributed by atoms with E-state index in [4.69, 9.17) is 0 Å². The molecule has 0 heterocycles. The molecule has 15 heavy (non-hydrogen) atoms. The summed E-state index contributed by atoms with van der Waals surface area (Å²) in [5, 5.41) is 6.24. The molecule has 0 saturated heterocycles. The standard InChI is InChI=1S/C12H24N2O/c1-9(10-6-5-7-10)13-8-11(15)14-12(2,3)4/h9-10,13H,5-8H2,1-4H3,(H,14,15). The number of rotatable bonds is 4. The molecule has 1 fully saturated rings. The Morgan fingerprint density at radius 3 is 2.40 bits per heavy atom. The van der Waals surface area contributed by atoms with Gasteiger partial charge in [-0.25, -0.2) is 0 Å². The van der Waals surface area contributed by atoms with Crippen molar-refractivity contribution >= 4 is 5.91 Å². The maximum absolute atomic E-state index is 11.5. The van der Waals surface area contributed by atoms with Crippen molar-refractivity contribution < 1.29 is 4.79 Å². The lowest BCUT2D eigenvalue weighted by Crippen LogP contribution is -2.48. The molecule has 1 aliphatic rings. The highest BCUT2D eigenvalue weighted by Gasteiger charge is 2.24. The molecule has 1 rings (SSSR count). The van der Waals surface area contributed by atoms with Crippen LogP contribution in [-0.4, -0.2) is 24.0 Å². The van der Waals surface area contributed by atoms with E-state index in [0.717, 1.165) is 5.92 Å². The van der Waals surface area contributed by atoms with Gasteiger partial charge in [0.25, 0.3) is 0 Å². The molecule has 0 aromatic carbocycles. The van der Waals surface area contributed by atoms with E-state index < -0.39 is 0 Å². The number of carbonyl (C=O) groups excluding carboxylic acids is 1. The molecular weight excluding hydrogens is 188 g/mol. The molecule has 0 bridgehead atoms. The van der Waals surface area contributed by atoms with Crippen LogP contribution >= 0.6 is 0 Å². The molecule has 1 atom stereocenters.